The lowest BCUT2D eigenvalue weighted by Gasteiger charge is -2.01. The van der Waals surface area contributed by atoms with Gasteiger partial charge in [0.2, 0.25) is 10.0 Å². The summed E-state index contributed by atoms with van der Waals surface area (Å²) in [7, 11) is -1.60. The van der Waals surface area contributed by atoms with Crippen molar-refractivity contribution in [3.05, 3.63) is 12.4 Å². The predicted molar refractivity (Wildman–Crippen MR) is 51.3 cm³/mol. The molecule has 0 amide bonds. The maximum atomic E-state index is 10.6. The maximum absolute atomic E-state index is 10.6. The molecule has 0 saturated heterocycles. The molecule has 0 unspecified atom stereocenters. The van der Waals surface area contributed by atoms with Crippen LogP contribution in [0.2, 0.25) is 0 Å². The molecular weight excluding hydrogens is 206 g/mol. The summed E-state index contributed by atoms with van der Waals surface area (Å²) in [5.41, 5.74) is 0. The fraction of sp³-hybridized carbons (Fsp3) is 0.571. The molecule has 6 nitrogen and oxygen atoms in total. The monoisotopic (exact) mass is 219 g/mol. The average molecular weight is 219 g/mol. The number of ether oxygens (including phenoxy) is 1. The second-order valence-electron chi connectivity index (χ2n) is 2.92. The van der Waals surface area contributed by atoms with Crippen LogP contribution in [0.25, 0.3) is 0 Å². The molecule has 1 aromatic rings. The topological polar surface area (TPSA) is 87.2 Å². The van der Waals surface area contributed by atoms with Crippen LogP contribution in [0.5, 0.6) is 5.75 Å². The highest BCUT2D eigenvalue weighted by Crippen LogP contribution is 2.06. The van der Waals surface area contributed by atoms with Gasteiger partial charge in [-0.3, -0.25) is 4.68 Å². The fourth-order valence-corrected chi connectivity index (χ4v) is 1.44. The van der Waals surface area contributed by atoms with Crippen LogP contribution in [0.1, 0.15) is 6.42 Å². The summed E-state index contributed by atoms with van der Waals surface area (Å²) in [4.78, 5) is 0. The van der Waals surface area contributed by atoms with Crippen LogP contribution in [-0.2, 0) is 17.1 Å². The van der Waals surface area contributed by atoms with Crippen LogP contribution in [0.15, 0.2) is 12.4 Å². The van der Waals surface area contributed by atoms with Crippen molar-refractivity contribution in [2.24, 2.45) is 12.2 Å². The Bertz CT molecular complexity index is 385. The Morgan fingerprint density at radius 3 is 2.86 bits per heavy atom. The highest BCUT2D eigenvalue weighted by Gasteiger charge is 2.02. The lowest BCUT2D eigenvalue weighted by molar-refractivity contribution is 0.317. The second-order valence-corrected chi connectivity index (χ2v) is 4.65. The van der Waals surface area contributed by atoms with Crippen LogP contribution in [0, 0.1) is 0 Å². The van der Waals surface area contributed by atoms with Crippen LogP contribution < -0.4 is 9.88 Å². The number of aromatic nitrogens is 2. The molecule has 1 heterocycles. The molecule has 0 aromatic carbocycles. The molecule has 7 heteroatoms. The van der Waals surface area contributed by atoms with Gasteiger partial charge in [0.1, 0.15) is 0 Å². The lowest BCUT2D eigenvalue weighted by atomic mass is 10.5. The summed E-state index contributed by atoms with van der Waals surface area (Å²) < 4.78 is 27.9. The number of primary sulfonamides is 1. The first-order valence-corrected chi connectivity index (χ1v) is 5.81. The van der Waals surface area contributed by atoms with Crippen LogP contribution in [-0.4, -0.2) is 30.6 Å². The summed E-state index contributed by atoms with van der Waals surface area (Å²) in [5.74, 6) is 0.565. The van der Waals surface area contributed by atoms with Gasteiger partial charge < -0.3 is 4.74 Å². The summed E-state index contributed by atoms with van der Waals surface area (Å²) in [5, 5.41) is 8.71. The van der Waals surface area contributed by atoms with E-state index in [1.165, 1.54) is 0 Å². The third-order valence-electron chi connectivity index (χ3n) is 1.52. The van der Waals surface area contributed by atoms with Gasteiger partial charge in [-0.1, -0.05) is 0 Å². The fourth-order valence-electron chi connectivity index (χ4n) is 0.923. The molecule has 0 bridgehead atoms. The maximum Gasteiger partial charge on any atom is 0.209 e. The number of aryl methyl sites for hydroxylation is 1. The molecule has 0 aliphatic carbocycles. The van der Waals surface area contributed by atoms with Gasteiger partial charge in [-0.05, 0) is 6.42 Å². The minimum Gasteiger partial charge on any atom is -0.490 e. The van der Waals surface area contributed by atoms with Crippen LogP contribution in [0.4, 0.5) is 0 Å². The SMILES string of the molecule is Cn1cc(OCCCS(N)(=O)=O)cn1. The molecule has 0 atom stereocenters. The van der Waals surface area contributed by atoms with Gasteiger partial charge >= 0.3 is 0 Å². The first-order valence-electron chi connectivity index (χ1n) is 4.09. The van der Waals surface area contributed by atoms with Gasteiger partial charge in [-0.25, -0.2) is 13.6 Å². The van der Waals surface area contributed by atoms with E-state index in [0.29, 0.717) is 18.8 Å². The van der Waals surface area contributed by atoms with Gasteiger partial charge in [0.15, 0.2) is 5.75 Å². The molecular formula is C7H13N3O3S. The zero-order valence-corrected chi connectivity index (χ0v) is 8.70. The van der Waals surface area contributed by atoms with E-state index >= 15 is 0 Å². The van der Waals surface area contributed by atoms with Gasteiger partial charge in [0, 0.05) is 7.05 Å². The Hall–Kier alpha value is -1.08. The number of rotatable bonds is 5. The van der Waals surface area contributed by atoms with Crippen molar-refractivity contribution in [3.63, 3.8) is 0 Å². The van der Waals surface area contributed by atoms with Crippen LogP contribution >= 0.6 is 0 Å². The Kier molecular flexibility index (Phi) is 3.48. The third kappa shape index (κ3) is 4.24. The van der Waals surface area contributed by atoms with E-state index in [4.69, 9.17) is 9.88 Å². The van der Waals surface area contributed by atoms with E-state index in [9.17, 15) is 8.42 Å². The zero-order chi connectivity index (χ0) is 10.6. The zero-order valence-electron chi connectivity index (χ0n) is 7.88. The molecule has 0 saturated carbocycles. The average Bonchev–Trinajstić information content (AvgIpc) is 2.44. The molecule has 80 valence electrons. The smallest absolute Gasteiger partial charge is 0.209 e. The summed E-state index contributed by atoms with van der Waals surface area (Å²) in [6, 6.07) is 0. The molecule has 0 spiro atoms. The number of nitrogens with two attached hydrogens (primary N) is 1. The number of hydrogen-bond acceptors (Lipinski definition) is 4. The first kappa shape index (κ1) is 11.0. The predicted octanol–water partition coefficient (Wildman–Crippen LogP) is -0.522. The Balaban J connectivity index is 2.23. The van der Waals surface area contributed by atoms with Gasteiger partial charge in [-0.2, -0.15) is 5.10 Å². The molecule has 0 aliphatic rings. The minimum atomic E-state index is -3.37. The third-order valence-corrected chi connectivity index (χ3v) is 2.38. The molecule has 1 aromatic heterocycles. The van der Waals surface area contributed by atoms with E-state index in [1.54, 1.807) is 24.1 Å². The highest BCUT2D eigenvalue weighted by molar-refractivity contribution is 7.89. The number of hydrogen-bond donors (Lipinski definition) is 1. The Labute approximate surface area is 82.7 Å². The Morgan fingerprint density at radius 1 is 1.64 bits per heavy atom. The van der Waals surface area contributed by atoms with Crippen LogP contribution in [0.3, 0.4) is 0 Å². The van der Waals surface area contributed by atoms with Gasteiger partial charge in [-0.15, -0.1) is 0 Å². The van der Waals surface area contributed by atoms with Gasteiger partial charge in [0.05, 0.1) is 24.8 Å². The van der Waals surface area contributed by atoms with E-state index in [-0.39, 0.29) is 5.75 Å². The van der Waals surface area contributed by atoms with E-state index in [1.807, 2.05) is 0 Å². The molecule has 0 aliphatic heterocycles. The number of nitrogens with zero attached hydrogens (tertiary/aromatic N) is 2. The lowest BCUT2D eigenvalue weighted by Crippen LogP contribution is -2.18. The quantitative estimate of drug-likeness (QED) is 0.675. The first-order chi connectivity index (χ1) is 6.47. The molecule has 2 N–H and O–H groups in total. The van der Waals surface area contributed by atoms with Crippen molar-refractivity contribution >= 4 is 10.0 Å². The summed E-state index contributed by atoms with van der Waals surface area (Å²) in [6.07, 6.45) is 3.65. The van der Waals surface area contributed by atoms with Gasteiger partial charge in [0.25, 0.3) is 0 Å². The van der Waals surface area contributed by atoms with Crippen molar-refractivity contribution in [2.45, 2.75) is 6.42 Å². The van der Waals surface area contributed by atoms with Crippen molar-refractivity contribution in [1.82, 2.24) is 9.78 Å². The summed E-state index contributed by atoms with van der Waals surface area (Å²) >= 11 is 0. The number of sulfonamides is 1. The van der Waals surface area contributed by atoms with Crippen molar-refractivity contribution in [3.8, 4) is 5.75 Å². The highest BCUT2D eigenvalue weighted by atomic mass is 32.2. The van der Waals surface area contributed by atoms with E-state index < -0.39 is 10.0 Å². The second kappa shape index (κ2) is 4.43. The molecule has 0 fully saturated rings. The normalized spacial score (nSPS) is 11.6. The van der Waals surface area contributed by atoms with Crippen molar-refractivity contribution in [2.75, 3.05) is 12.4 Å². The van der Waals surface area contributed by atoms with E-state index in [2.05, 4.69) is 5.10 Å². The minimum absolute atomic E-state index is 0.0622. The van der Waals surface area contributed by atoms with Crippen molar-refractivity contribution in [1.29, 1.82) is 0 Å². The molecule has 14 heavy (non-hydrogen) atoms. The van der Waals surface area contributed by atoms with Crippen molar-refractivity contribution < 1.29 is 13.2 Å². The van der Waals surface area contributed by atoms with E-state index in [0.717, 1.165) is 0 Å². The molecule has 0 radical (unpaired) electrons. The molecule has 1 rings (SSSR count). The Morgan fingerprint density at radius 2 is 2.36 bits per heavy atom. The standard InChI is InChI=1S/C7H13N3O3S/c1-10-6-7(5-9-10)13-3-2-4-14(8,11)12/h5-6H,2-4H2,1H3,(H2,8,11,12). The largest absolute Gasteiger partial charge is 0.490 e. The summed E-state index contributed by atoms with van der Waals surface area (Å²) in [6.45, 7) is 0.322.